The molecule has 2 atom stereocenters. The number of rotatable bonds is 4. The van der Waals surface area contributed by atoms with Crippen LogP contribution in [0.2, 0.25) is 0 Å². The Bertz CT molecular complexity index is 772. The van der Waals surface area contributed by atoms with Gasteiger partial charge in [0.1, 0.15) is 6.04 Å². The zero-order chi connectivity index (χ0) is 18.0. The first-order chi connectivity index (χ1) is 12.1. The molecule has 2 aromatic rings. The van der Waals surface area contributed by atoms with E-state index in [1.807, 2.05) is 62.4 Å². The van der Waals surface area contributed by atoms with Gasteiger partial charge in [-0.05, 0) is 31.0 Å². The predicted octanol–water partition coefficient (Wildman–Crippen LogP) is 4.04. The molecule has 0 N–H and O–H groups in total. The summed E-state index contributed by atoms with van der Waals surface area (Å²) in [5, 5.41) is 0. The van der Waals surface area contributed by atoms with Crippen molar-refractivity contribution in [3.05, 3.63) is 65.7 Å². The van der Waals surface area contributed by atoms with Gasteiger partial charge in [-0.25, -0.2) is 0 Å². The summed E-state index contributed by atoms with van der Waals surface area (Å²) in [6.07, 6.45) is 1.49. The Kier molecular flexibility index (Phi) is 4.88. The third-order valence-electron chi connectivity index (χ3n) is 4.94. The quantitative estimate of drug-likeness (QED) is 0.845. The molecule has 3 rings (SSSR count). The van der Waals surface area contributed by atoms with Crippen molar-refractivity contribution < 1.29 is 9.59 Å². The second kappa shape index (κ2) is 7.09. The lowest BCUT2D eigenvalue weighted by Crippen LogP contribution is -2.48. The lowest BCUT2D eigenvalue weighted by Gasteiger charge is -2.35. The van der Waals surface area contributed by atoms with Crippen molar-refractivity contribution in [3.8, 4) is 0 Å². The van der Waals surface area contributed by atoms with Gasteiger partial charge in [-0.2, -0.15) is 0 Å². The number of anilines is 1. The molecule has 1 aliphatic rings. The van der Waals surface area contributed by atoms with Crippen LogP contribution in [0.4, 0.5) is 5.69 Å². The van der Waals surface area contributed by atoms with Crippen LogP contribution >= 0.6 is 0 Å². The van der Waals surface area contributed by atoms with E-state index in [2.05, 4.69) is 0 Å². The molecule has 2 aromatic carbocycles. The van der Waals surface area contributed by atoms with Gasteiger partial charge >= 0.3 is 0 Å². The standard InChI is InChI=1S/C21H24N2O2/c1-4-10-19-21(25)22(3)18-14-9-8-13-17(18)20(24)23(19)15(2)16-11-6-5-7-12-16/h5-9,11-15,19H,4,10H2,1-3H3/t15-,19-/m0/s1. The van der Waals surface area contributed by atoms with Crippen molar-refractivity contribution in [2.24, 2.45) is 0 Å². The van der Waals surface area contributed by atoms with Crippen molar-refractivity contribution in [3.63, 3.8) is 0 Å². The van der Waals surface area contributed by atoms with Gasteiger partial charge in [0, 0.05) is 7.05 Å². The van der Waals surface area contributed by atoms with E-state index in [4.69, 9.17) is 0 Å². The van der Waals surface area contributed by atoms with Gasteiger partial charge in [-0.15, -0.1) is 0 Å². The van der Waals surface area contributed by atoms with Crippen LogP contribution in [0.25, 0.3) is 0 Å². The first kappa shape index (κ1) is 17.2. The van der Waals surface area contributed by atoms with Crippen LogP contribution in [0.15, 0.2) is 54.6 Å². The Labute approximate surface area is 149 Å². The number of likely N-dealkylation sites (N-methyl/N-ethyl adjacent to an activating group) is 1. The first-order valence-electron chi connectivity index (χ1n) is 8.80. The number of carbonyl (C=O) groups excluding carboxylic acids is 2. The monoisotopic (exact) mass is 336 g/mol. The molecule has 0 spiro atoms. The highest BCUT2D eigenvalue weighted by Crippen LogP contribution is 2.33. The SMILES string of the molecule is CCC[C@H]1C(=O)N(C)c2ccccc2C(=O)N1[C@@H](C)c1ccccc1. The van der Waals surface area contributed by atoms with Crippen LogP contribution < -0.4 is 4.90 Å². The fraction of sp³-hybridized carbons (Fsp3) is 0.333. The lowest BCUT2D eigenvalue weighted by atomic mass is 10.0. The molecule has 130 valence electrons. The van der Waals surface area contributed by atoms with Crippen molar-refractivity contribution in [1.29, 1.82) is 0 Å². The average Bonchev–Trinajstić information content (AvgIpc) is 2.73. The summed E-state index contributed by atoms with van der Waals surface area (Å²) in [4.78, 5) is 29.9. The highest BCUT2D eigenvalue weighted by atomic mass is 16.2. The zero-order valence-corrected chi connectivity index (χ0v) is 15.0. The summed E-state index contributed by atoms with van der Waals surface area (Å²) < 4.78 is 0. The molecule has 4 nitrogen and oxygen atoms in total. The number of nitrogens with zero attached hydrogens (tertiary/aromatic N) is 2. The van der Waals surface area contributed by atoms with Gasteiger partial charge in [-0.3, -0.25) is 9.59 Å². The minimum atomic E-state index is -0.454. The van der Waals surface area contributed by atoms with Crippen LogP contribution in [0, 0.1) is 0 Å². The van der Waals surface area contributed by atoms with E-state index >= 15 is 0 Å². The molecule has 0 aromatic heterocycles. The van der Waals surface area contributed by atoms with E-state index in [0.29, 0.717) is 17.7 Å². The van der Waals surface area contributed by atoms with Crippen LogP contribution in [-0.2, 0) is 4.79 Å². The molecule has 0 saturated heterocycles. The topological polar surface area (TPSA) is 40.6 Å². The first-order valence-corrected chi connectivity index (χ1v) is 8.80. The van der Waals surface area contributed by atoms with E-state index < -0.39 is 6.04 Å². The molecule has 0 saturated carbocycles. The second-order valence-corrected chi connectivity index (χ2v) is 6.52. The van der Waals surface area contributed by atoms with Crippen LogP contribution in [0.1, 0.15) is 48.7 Å². The van der Waals surface area contributed by atoms with E-state index in [1.54, 1.807) is 22.9 Å². The predicted molar refractivity (Wildman–Crippen MR) is 99.6 cm³/mol. The number of carbonyl (C=O) groups is 2. The second-order valence-electron chi connectivity index (χ2n) is 6.52. The number of benzene rings is 2. The fourth-order valence-corrected chi connectivity index (χ4v) is 3.56. The third kappa shape index (κ3) is 3.04. The van der Waals surface area contributed by atoms with Crippen LogP contribution in [0.5, 0.6) is 0 Å². The summed E-state index contributed by atoms with van der Waals surface area (Å²) >= 11 is 0. The Morgan fingerprint density at radius 1 is 1.00 bits per heavy atom. The third-order valence-corrected chi connectivity index (χ3v) is 4.94. The van der Waals surface area contributed by atoms with Crippen molar-refractivity contribution in [2.45, 2.75) is 38.8 Å². The van der Waals surface area contributed by atoms with E-state index in [9.17, 15) is 9.59 Å². The lowest BCUT2D eigenvalue weighted by molar-refractivity contribution is -0.123. The maximum atomic E-state index is 13.4. The van der Waals surface area contributed by atoms with Crippen molar-refractivity contribution in [1.82, 2.24) is 4.90 Å². The van der Waals surface area contributed by atoms with Gasteiger partial charge in [-0.1, -0.05) is 55.8 Å². The van der Waals surface area contributed by atoms with Crippen LogP contribution in [-0.4, -0.2) is 29.8 Å². The number of para-hydroxylation sites is 1. The van der Waals surface area contributed by atoms with Crippen molar-refractivity contribution in [2.75, 3.05) is 11.9 Å². The highest BCUT2D eigenvalue weighted by molar-refractivity contribution is 6.10. The summed E-state index contributed by atoms with van der Waals surface area (Å²) in [5.74, 6) is -0.106. The molecular formula is C21H24N2O2. The largest absolute Gasteiger partial charge is 0.320 e. The van der Waals surface area contributed by atoms with Gasteiger partial charge in [0.15, 0.2) is 0 Å². The molecule has 1 heterocycles. The van der Waals surface area contributed by atoms with Gasteiger partial charge < -0.3 is 9.80 Å². The fourth-order valence-electron chi connectivity index (χ4n) is 3.56. The average molecular weight is 336 g/mol. The Morgan fingerprint density at radius 3 is 2.32 bits per heavy atom. The number of hydrogen-bond acceptors (Lipinski definition) is 2. The molecule has 4 heteroatoms. The van der Waals surface area contributed by atoms with Crippen molar-refractivity contribution >= 4 is 17.5 Å². The molecule has 0 aliphatic carbocycles. The highest BCUT2D eigenvalue weighted by Gasteiger charge is 2.40. The van der Waals surface area contributed by atoms with E-state index in [0.717, 1.165) is 12.0 Å². The molecular weight excluding hydrogens is 312 g/mol. The summed E-state index contributed by atoms with van der Waals surface area (Å²) in [6, 6.07) is 16.6. The van der Waals surface area contributed by atoms with Gasteiger partial charge in [0.05, 0.1) is 17.3 Å². The summed E-state index contributed by atoms with van der Waals surface area (Å²) in [6.45, 7) is 4.04. The maximum Gasteiger partial charge on any atom is 0.257 e. The summed E-state index contributed by atoms with van der Waals surface area (Å²) in [5.41, 5.74) is 2.30. The minimum absolute atomic E-state index is 0.0251. The Balaban J connectivity index is 2.12. The Hall–Kier alpha value is -2.62. The number of amides is 2. The Morgan fingerprint density at radius 2 is 1.64 bits per heavy atom. The molecule has 0 fully saturated rings. The molecule has 1 aliphatic heterocycles. The minimum Gasteiger partial charge on any atom is -0.320 e. The van der Waals surface area contributed by atoms with Gasteiger partial charge in [0.25, 0.3) is 5.91 Å². The summed E-state index contributed by atoms with van der Waals surface area (Å²) in [7, 11) is 1.76. The van der Waals surface area contributed by atoms with Crippen LogP contribution in [0.3, 0.4) is 0 Å². The smallest absolute Gasteiger partial charge is 0.257 e. The van der Waals surface area contributed by atoms with E-state index in [-0.39, 0.29) is 17.9 Å². The molecule has 2 amide bonds. The molecule has 0 radical (unpaired) electrons. The maximum absolute atomic E-state index is 13.4. The van der Waals surface area contributed by atoms with E-state index in [1.165, 1.54) is 0 Å². The molecule has 0 unspecified atom stereocenters. The zero-order valence-electron chi connectivity index (χ0n) is 15.0. The number of hydrogen-bond donors (Lipinski definition) is 0. The normalized spacial score (nSPS) is 18.8. The molecule has 0 bridgehead atoms. The van der Waals surface area contributed by atoms with Gasteiger partial charge in [0.2, 0.25) is 5.91 Å². The molecule has 25 heavy (non-hydrogen) atoms. The number of fused-ring (bicyclic) bond motifs is 1.